The molecule has 0 atom stereocenters. The Hall–Kier alpha value is -3.66. The second kappa shape index (κ2) is 13.4. The highest BCUT2D eigenvalue weighted by Gasteiger charge is 2.39. The van der Waals surface area contributed by atoms with Crippen molar-refractivity contribution in [3.05, 3.63) is 52.8 Å². The summed E-state index contributed by atoms with van der Waals surface area (Å²) in [6, 6.07) is 10.5. The standard InChI is InChI=1S/C19H25N5O.2C2HF3O2/c1-22-9-11-24(12-10-22)19(25)18-16-7-8-23(14-17(16)20-21-18)13-15-5-3-2-4-6-15;2*3-2(4,5)1(6)7/h2-6H,7-14H2,1H3,(H,20,21);2*(H,6,7). The highest BCUT2D eigenvalue weighted by Crippen LogP contribution is 2.23. The zero-order valence-corrected chi connectivity index (χ0v) is 20.7. The van der Waals surface area contributed by atoms with Crippen molar-refractivity contribution in [3.63, 3.8) is 0 Å². The number of H-pyrrole nitrogens is 1. The first-order valence-electron chi connectivity index (χ1n) is 11.5. The van der Waals surface area contributed by atoms with E-state index in [4.69, 9.17) is 19.8 Å². The van der Waals surface area contributed by atoms with E-state index in [2.05, 4.69) is 51.3 Å². The van der Waals surface area contributed by atoms with Gasteiger partial charge >= 0.3 is 24.3 Å². The minimum absolute atomic E-state index is 0.0853. The molecule has 1 fully saturated rings. The monoisotopic (exact) mass is 567 g/mol. The second-order valence-electron chi connectivity index (χ2n) is 8.68. The summed E-state index contributed by atoms with van der Waals surface area (Å²) < 4.78 is 63.5. The molecular weight excluding hydrogens is 540 g/mol. The topological polar surface area (TPSA) is 130 Å². The molecule has 0 bridgehead atoms. The summed E-state index contributed by atoms with van der Waals surface area (Å²) in [6.07, 6.45) is -9.28. The highest BCUT2D eigenvalue weighted by molar-refractivity contribution is 5.94. The van der Waals surface area contributed by atoms with E-state index in [1.807, 2.05) is 11.0 Å². The molecule has 39 heavy (non-hydrogen) atoms. The lowest BCUT2D eigenvalue weighted by Gasteiger charge is -2.32. The third-order valence-corrected chi connectivity index (χ3v) is 5.74. The molecule has 1 aromatic carbocycles. The molecule has 16 heteroatoms. The number of nitrogens with zero attached hydrogens (tertiary/aromatic N) is 4. The Labute approximate surface area is 218 Å². The fraction of sp³-hybridized carbons (Fsp3) is 0.478. The number of hydrogen-bond donors (Lipinski definition) is 3. The summed E-state index contributed by atoms with van der Waals surface area (Å²) in [5.74, 6) is -5.43. The van der Waals surface area contributed by atoms with Gasteiger partial charge in [-0.25, -0.2) is 9.59 Å². The summed E-state index contributed by atoms with van der Waals surface area (Å²) in [5.41, 5.74) is 4.17. The molecule has 10 nitrogen and oxygen atoms in total. The maximum Gasteiger partial charge on any atom is 0.490 e. The van der Waals surface area contributed by atoms with Crippen LogP contribution in [0.3, 0.4) is 0 Å². The molecule has 3 heterocycles. The van der Waals surface area contributed by atoms with Crippen molar-refractivity contribution in [1.29, 1.82) is 0 Å². The maximum absolute atomic E-state index is 12.8. The van der Waals surface area contributed by atoms with Crippen LogP contribution in [0.15, 0.2) is 30.3 Å². The Morgan fingerprint density at radius 1 is 0.897 bits per heavy atom. The largest absolute Gasteiger partial charge is 0.490 e. The number of carboxylic acids is 2. The van der Waals surface area contributed by atoms with Crippen LogP contribution in [0.2, 0.25) is 0 Å². The van der Waals surface area contributed by atoms with Gasteiger partial charge in [-0.15, -0.1) is 0 Å². The molecular formula is C23H27F6N5O5. The second-order valence-corrected chi connectivity index (χ2v) is 8.68. The van der Waals surface area contributed by atoms with Crippen LogP contribution in [0.5, 0.6) is 0 Å². The number of aromatic amines is 1. The summed E-state index contributed by atoms with van der Waals surface area (Å²) in [4.78, 5) is 37.2. The van der Waals surface area contributed by atoms with E-state index in [1.54, 1.807) is 0 Å². The number of carbonyl (C=O) groups is 3. The molecule has 2 aliphatic heterocycles. The van der Waals surface area contributed by atoms with Gasteiger partial charge in [-0.1, -0.05) is 30.3 Å². The van der Waals surface area contributed by atoms with Gasteiger partial charge in [0.2, 0.25) is 0 Å². The number of halogens is 6. The fourth-order valence-corrected chi connectivity index (χ4v) is 3.69. The van der Waals surface area contributed by atoms with Crippen LogP contribution in [-0.2, 0) is 29.1 Å². The van der Waals surface area contributed by atoms with Crippen molar-refractivity contribution in [3.8, 4) is 0 Å². The Bertz CT molecular complexity index is 1090. The first kappa shape index (κ1) is 31.6. The summed E-state index contributed by atoms with van der Waals surface area (Å²) >= 11 is 0. The first-order chi connectivity index (χ1) is 18.1. The summed E-state index contributed by atoms with van der Waals surface area (Å²) in [7, 11) is 2.10. The van der Waals surface area contributed by atoms with E-state index in [9.17, 15) is 31.1 Å². The van der Waals surface area contributed by atoms with Crippen LogP contribution in [0.4, 0.5) is 26.3 Å². The highest BCUT2D eigenvalue weighted by atomic mass is 19.4. The fourth-order valence-electron chi connectivity index (χ4n) is 3.69. The summed E-state index contributed by atoms with van der Waals surface area (Å²) in [5, 5.41) is 21.7. The van der Waals surface area contributed by atoms with Gasteiger partial charge in [-0.3, -0.25) is 14.8 Å². The number of carboxylic acid groups (broad SMARTS) is 2. The molecule has 216 valence electrons. The minimum atomic E-state index is -5.08. The number of hydrogen-bond acceptors (Lipinski definition) is 6. The number of amides is 1. The SMILES string of the molecule is CN1CCN(C(=O)c2n[nH]c3c2CCN(Cc2ccccc2)C3)CC1.O=C(O)C(F)(F)F.O=C(O)C(F)(F)F. The van der Waals surface area contributed by atoms with E-state index in [1.165, 1.54) is 5.56 Å². The molecule has 0 saturated carbocycles. The number of piperazine rings is 1. The molecule has 2 aliphatic rings. The number of carbonyl (C=O) groups excluding carboxylic acids is 1. The number of aliphatic carboxylic acids is 2. The van der Waals surface area contributed by atoms with E-state index in [0.29, 0.717) is 5.69 Å². The van der Waals surface area contributed by atoms with Gasteiger partial charge in [0.05, 0.1) is 5.69 Å². The molecule has 1 amide bonds. The van der Waals surface area contributed by atoms with Gasteiger partial charge in [0.25, 0.3) is 5.91 Å². The molecule has 0 radical (unpaired) electrons. The van der Waals surface area contributed by atoms with Crippen molar-refractivity contribution in [2.24, 2.45) is 0 Å². The third kappa shape index (κ3) is 9.86. The van der Waals surface area contributed by atoms with Crippen LogP contribution >= 0.6 is 0 Å². The third-order valence-electron chi connectivity index (χ3n) is 5.74. The number of rotatable bonds is 3. The minimum Gasteiger partial charge on any atom is -0.475 e. The van der Waals surface area contributed by atoms with Crippen molar-refractivity contribution in [1.82, 2.24) is 24.9 Å². The van der Waals surface area contributed by atoms with Crippen LogP contribution in [0.1, 0.15) is 27.3 Å². The number of alkyl halides is 6. The molecule has 2 aromatic rings. The van der Waals surface area contributed by atoms with Crippen LogP contribution in [0, 0.1) is 0 Å². The smallest absolute Gasteiger partial charge is 0.475 e. The number of fused-ring (bicyclic) bond motifs is 1. The number of likely N-dealkylation sites (N-methyl/N-ethyl adjacent to an activating group) is 1. The average Bonchev–Trinajstić information content (AvgIpc) is 3.27. The zero-order chi connectivity index (χ0) is 29.4. The van der Waals surface area contributed by atoms with Gasteiger partial charge in [0.15, 0.2) is 5.69 Å². The molecule has 0 unspecified atom stereocenters. The predicted molar refractivity (Wildman–Crippen MR) is 124 cm³/mol. The van der Waals surface area contributed by atoms with Gasteiger partial charge < -0.3 is 20.0 Å². The van der Waals surface area contributed by atoms with E-state index >= 15 is 0 Å². The van der Waals surface area contributed by atoms with E-state index in [-0.39, 0.29) is 5.91 Å². The van der Waals surface area contributed by atoms with Crippen molar-refractivity contribution in [2.75, 3.05) is 39.8 Å². The molecule has 0 spiro atoms. The molecule has 0 aliphatic carbocycles. The van der Waals surface area contributed by atoms with Crippen molar-refractivity contribution in [2.45, 2.75) is 31.9 Å². The Morgan fingerprint density at radius 3 is 1.90 bits per heavy atom. The van der Waals surface area contributed by atoms with Crippen molar-refractivity contribution < 1.29 is 50.9 Å². The Morgan fingerprint density at radius 2 is 1.41 bits per heavy atom. The number of benzene rings is 1. The number of aromatic nitrogens is 2. The van der Waals surface area contributed by atoms with E-state index < -0.39 is 24.3 Å². The maximum atomic E-state index is 12.8. The molecule has 4 rings (SSSR count). The van der Waals surface area contributed by atoms with Crippen LogP contribution < -0.4 is 0 Å². The van der Waals surface area contributed by atoms with Gasteiger partial charge in [0, 0.05) is 51.4 Å². The predicted octanol–water partition coefficient (Wildman–Crippen LogP) is 2.62. The Balaban J connectivity index is 0.000000317. The van der Waals surface area contributed by atoms with E-state index in [0.717, 1.165) is 63.5 Å². The Kier molecular flexibility index (Phi) is 10.9. The zero-order valence-electron chi connectivity index (χ0n) is 20.7. The van der Waals surface area contributed by atoms with Gasteiger partial charge in [0.1, 0.15) is 0 Å². The lowest BCUT2D eigenvalue weighted by atomic mass is 10.0. The quantitative estimate of drug-likeness (QED) is 0.483. The van der Waals surface area contributed by atoms with Crippen LogP contribution in [0.25, 0.3) is 0 Å². The molecule has 1 aromatic heterocycles. The molecule has 1 saturated heterocycles. The number of nitrogens with one attached hydrogen (secondary N) is 1. The van der Waals surface area contributed by atoms with Crippen molar-refractivity contribution >= 4 is 17.8 Å². The van der Waals surface area contributed by atoms with Gasteiger partial charge in [-0.05, 0) is 19.0 Å². The normalized spacial score (nSPS) is 16.2. The summed E-state index contributed by atoms with van der Waals surface area (Å²) in [6.45, 7) is 6.17. The molecule has 3 N–H and O–H groups in total. The lowest BCUT2D eigenvalue weighted by Crippen LogP contribution is -2.47. The van der Waals surface area contributed by atoms with Crippen LogP contribution in [-0.4, -0.2) is 105 Å². The lowest BCUT2D eigenvalue weighted by molar-refractivity contribution is -0.193. The first-order valence-corrected chi connectivity index (χ1v) is 11.5. The average molecular weight is 567 g/mol. The van der Waals surface area contributed by atoms with Gasteiger partial charge in [-0.2, -0.15) is 31.4 Å².